The number of amides is 2. The smallest absolute Gasteiger partial charge is 0.274 e. The van der Waals surface area contributed by atoms with E-state index in [0.717, 1.165) is 48.6 Å². The summed E-state index contributed by atoms with van der Waals surface area (Å²) in [6.45, 7) is 5.18. The molecule has 0 aromatic carbocycles. The van der Waals surface area contributed by atoms with Gasteiger partial charge in [0.1, 0.15) is 11.5 Å². The van der Waals surface area contributed by atoms with Crippen molar-refractivity contribution in [3.8, 4) is 0 Å². The minimum absolute atomic E-state index is 0.109. The first-order valence-corrected chi connectivity index (χ1v) is 10.8. The molecule has 30 heavy (non-hydrogen) atoms. The number of anilines is 1. The third-order valence-electron chi connectivity index (χ3n) is 6.29. The van der Waals surface area contributed by atoms with Gasteiger partial charge < -0.3 is 4.90 Å². The highest BCUT2D eigenvalue weighted by molar-refractivity contribution is 6.00. The molecule has 2 aromatic heterocycles. The third-order valence-corrected chi connectivity index (χ3v) is 6.29. The van der Waals surface area contributed by atoms with Crippen molar-refractivity contribution in [1.29, 1.82) is 0 Å². The van der Waals surface area contributed by atoms with Gasteiger partial charge in [-0.3, -0.25) is 19.5 Å². The lowest BCUT2D eigenvalue weighted by atomic mass is 10.0. The van der Waals surface area contributed by atoms with Crippen LogP contribution in [-0.2, 0) is 11.2 Å². The predicted octanol–water partition coefficient (Wildman–Crippen LogP) is 2.55. The van der Waals surface area contributed by atoms with Crippen molar-refractivity contribution in [2.45, 2.75) is 58.4 Å². The number of fused-ring (bicyclic) bond motifs is 1. The van der Waals surface area contributed by atoms with Crippen LogP contribution in [0.2, 0.25) is 0 Å². The molecule has 1 aliphatic carbocycles. The first-order chi connectivity index (χ1) is 14.5. The van der Waals surface area contributed by atoms with E-state index < -0.39 is 0 Å². The second-order valence-corrected chi connectivity index (χ2v) is 8.65. The number of nitrogens with zero attached hydrogens (tertiary/aromatic N) is 6. The monoisotopic (exact) mass is 406 g/mol. The highest BCUT2D eigenvalue weighted by Gasteiger charge is 2.38. The molecule has 8 nitrogen and oxygen atoms in total. The summed E-state index contributed by atoms with van der Waals surface area (Å²) in [4.78, 5) is 47.5. The van der Waals surface area contributed by atoms with Crippen molar-refractivity contribution in [2.75, 3.05) is 18.0 Å². The number of piperidine rings is 1. The Hall–Kier alpha value is -2.90. The zero-order chi connectivity index (χ0) is 20.8. The summed E-state index contributed by atoms with van der Waals surface area (Å²) in [5.74, 6) is 1.95. The lowest BCUT2D eigenvalue weighted by molar-refractivity contribution is -0.117. The molecular formula is C22H26N6O2. The van der Waals surface area contributed by atoms with Crippen LogP contribution in [-0.4, -0.2) is 49.7 Å². The number of aryl methyl sites for hydroxylation is 2. The third kappa shape index (κ3) is 3.44. The van der Waals surface area contributed by atoms with Gasteiger partial charge in [-0.25, -0.2) is 15.0 Å². The van der Waals surface area contributed by atoms with Gasteiger partial charge in [0.2, 0.25) is 5.91 Å². The topological polar surface area (TPSA) is 92.2 Å². The molecule has 2 fully saturated rings. The van der Waals surface area contributed by atoms with Gasteiger partial charge in [0.15, 0.2) is 5.82 Å². The minimum atomic E-state index is -0.211. The largest absolute Gasteiger partial charge is 0.327 e. The Morgan fingerprint density at radius 3 is 2.67 bits per heavy atom. The van der Waals surface area contributed by atoms with E-state index in [9.17, 15) is 9.59 Å². The SMILES string of the molecule is Cc1cnc(C(=O)N2CCCCC2c2nc(C)c3c(n2)N(CC2CC2)C(=O)C3)cn1. The summed E-state index contributed by atoms with van der Waals surface area (Å²) in [7, 11) is 0. The van der Waals surface area contributed by atoms with E-state index in [2.05, 4.69) is 9.97 Å². The van der Waals surface area contributed by atoms with Crippen LogP contribution in [0.25, 0.3) is 0 Å². The maximum atomic E-state index is 13.2. The zero-order valence-electron chi connectivity index (χ0n) is 17.5. The minimum Gasteiger partial charge on any atom is -0.327 e. The average molecular weight is 406 g/mol. The van der Waals surface area contributed by atoms with E-state index in [1.807, 2.05) is 23.6 Å². The van der Waals surface area contributed by atoms with Crippen molar-refractivity contribution in [2.24, 2.45) is 5.92 Å². The molecule has 0 spiro atoms. The van der Waals surface area contributed by atoms with Crippen LogP contribution in [0.1, 0.15) is 71.4 Å². The highest BCUT2D eigenvalue weighted by Crippen LogP contribution is 2.38. The first-order valence-electron chi connectivity index (χ1n) is 10.8. The van der Waals surface area contributed by atoms with Crippen molar-refractivity contribution in [3.63, 3.8) is 0 Å². The number of hydrogen-bond donors (Lipinski definition) is 0. The zero-order valence-corrected chi connectivity index (χ0v) is 17.5. The summed E-state index contributed by atoms with van der Waals surface area (Å²) in [5, 5.41) is 0. The molecular weight excluding hydrogens is 380 g/mol. The van der Waals surface area contributed by atoms with E-state index in [1.54, 1.807) is 6.20 Å². The molecule has 1 saturated heterocycles. The Bertz CT molecular complexity index is 1000. The molecule has 3 aliphatic rings. The normalized spacial score (nSPS) is 21.1. The number of likely N-dealkylation sites (tertiary alicyclic amines) is 1. The molecule has 8 heteroatoms. The van der Waals surface area contributed by atoms with E-state index in [-0.39, 0.29) is 17.9 Å². The Morgan fingerprint density at radius 2 is 1.93 bits per heavy atom. The van der Waals surface area contributed by atoms with Gasteiger partial charge in [-0.2, -0.15) is 0 Å². The summed E-state index contributed by atoms with van der Waals surface area (Å²) < 4.78 is 0. The van der Waals surface area contributed by atoms with E-state index in [0.29, 0.717) is 30.4 Å². The number of hydrogen-bond acceptors (Lipinski definition) is 6. The molecule has 2 amide bonds. The Balaban J connectivity index is 1.48. The van der Waals surface area contributed by atoms with Crippen molar-refractivity contribution in [3.05, 3.63) is 40.9 Å². The standard InChI is InChI=1S/C22H26N6O2/c1-13-10-24-17(11-23-13)22(30)27-8-4-3-5-18(27)20-25-14(2)16-9-19(29)28(21(16)26-20)12-15-6-7-15/h10-11,15,18H,3-9,12H2,1-2H3. The van der Waals surface area contributed by atoms with Crippen molar-refractivity contribution >= 4 is 17.6 Å². The van der Waals surface area contributed by atoms with Crippen molar-refractivity contribution in [1.82, 2.24) is 24.8 Å². The van der Waals surface area contributed by atoms with Crippen LogP contribution in [0.5, 0.6) is 0 Å². The van der Waals surface area contributed by atoms with Gasteiger partial charge in [-0.15, -0.1) is 0 Å². The maximum Gasteiger partial charge on any atom is 0.274 e. The van der Waals surface area contributed by atoms with Crippen LogP contribution < -0.4 is 4.90 Å². The lowest BCUT2D eigenvalue weighted by Gasteiger charge is -2.35. The molecule has 0 N–H and O–H groups in total. The van der Waals surface area contributed by atoms with E-state index in [1.165, 1.54) is 19.0 Å². The van der Waals surface area contributed by atoms with E-state index >= 15 is 0 Å². The fraction of sp³-hybridized carbons (Fsp3) is 0.545. The molecule has 2 aromatic rings. The maximum absolute atomic E-state index is 13.2. The average Bonchev–Trinajstić information content (AvgIpc) is 3.52. The predicted molar refractivity (Wildman–Crippen MR) is 110 cm³/mol. The van der Waals surface area contributed by atoms with Gasteiger partial charge in [-0.05, 0) is 51.9 Å². The van der Waals surface area contributed by atoms with Gasteiger partial charge in [0.25, 0.3) is 5.91 Å². The quantitative estimate of drug-likeness (QED) is 0.775. The summed E-state index contributed by atoms with van der Waals surface area (Å²) in [5.41, 5.74) is 2.90. The second kappa shape index (κ2) is 7.41. The highest BCUT2D eigenvalue weighted by atomic mass is 16.2. The fourth-order valence-electron chi connectivity index (χ4n) is 4.39. The molecule has 5 rings (SSSR count). The van der Waals surface area contributed by atoms with E-state index in [4.69, 9.17) is 9.97 Å². The molecule has 1 saturated carbocycles. The number of carbonyl (C=O) groups excluding carboxylic acids is 2. The van der Waals surface area contributed by atoms with Crippen LogP contribution in [0.4, 0.5) is 5.82 Å². The Labute approximate surface area is 175 Å². The van der Waals surface area contributed by atoms with Crippen LogP contribution >= 0.6 is 0 Å². The second-order valence-electron chi connectivity index (χ2n) is 8.65. The summed E-state index contributed by atoms with van der Waals surface area (Å²) in [6, 6.07) is -0.211. The molecule has 0 radical (unpaired) electrons. The van der Waals surface area contributed by atoms with Gasteiger partial charge in [0, 0.05) is 30.5 Å². The lowest BCUT2D eigenvalue weighted by Crippen LogP contribution is -2.40. The van der Waals surface area contributed by atoms with Crippen LogP contribution in [0, 0.1) is 19.8 Å². The number of aromatic nitrogens is 4. The molecule has 1 unspecified atom stereocenters. The number of rotatable bonds is 4. The van der Waals surface area contributed by atoms with Crippen LogP contribution in [0.3, 0.4) is 0 Å². The fourth-order valence-corrected chi connectivity index (χ4v) is 4.39. The van der Waals surface area contributed by atoms with Gasteiger partial charge in [-0.1, -0.05) is 0 Å². The van der Waals surface area contributed by atoms with Gasteiger partial charge >= 0.3 is 0 Å². The number of carbonyl (C=O) groups is 2. The van der Waals surface area contributed by atoms with Gasteiger partial charge in [0.05, 0.1) is 24.4 Å². The molecule has 1 atom stereocenters. The van der Waals surface area contributed by atoms with Crippen LogP contribution in [0.15, 0.2) is 12.4 Å². The molecule has 2 aliphatic heterocycles. The Morgan fingerprint density at radius 1 is 1.10 bits per heavy atom. The summed E-state index contributed by atoms with van der Waals surface area (Å²) >= 11 is 0. The Kier molecular flexibility index (Phi) is 4.72. The first kappa shape index (κ1) is 19.1. The molecule has 4 heterocycles. The summed E-state index contributed by atoms with van der Waals surface area (Å²) in [6.07, 6.45) is 8.64. The van der Waals surface area contributed by atoms with Crippen molar-refractivity contribution < 1.29 is 9.59 Å². The molecule has 156 valence electrons. The molecule has 0 bridgehead atoms.